The molecule has 0 N–H and O–H groups in total. The second-order valence-corrected chi connectivity index (χ2v) is 6.52. The number of rotatable bonds is 7. The maximum atomic E-state index is 12.3. The normalized spacial score (nSPS) is 15.5. The van der Waals surface area contributed by atoms with E-state index in [0.29, 0.717) is 28.9 Å². The van der Waals surface area contributed by atoms with E-state index in [1.807, 2.05) is 0 Å². The van der Waals surface area contributed by atoms with E-state index in [9.17, 15) is 9.59 Å². The van der Waals surface area contributed by atoms with E-state index in [4.69, 9.17) is 16.3 Å². The predicted octanol–water partition coefficient (Wildman–Crippen LogP) is 4.85. The van der Waals surface area contributed by atoms with Crippen LogP contribution in [0, 0.1) is 5.92 Å². The molecule has 0 amide bonds. The quantitative estimate of drug-likeness (QED) is 0.674. The average molecular weight is 323 g/mol. The zero-order valence-electron chi connectivity index (χ0n) is 13.1. The van der Waals surface area contributed by atoms with Gasteiger partial charge in [0.2, 0.25) is 0 Å². The molecule has 0 spiro atoms. The van der Waals surface area contributed by atoms with E-state index >= 15 is 0 Å². The first kappa shape index (κ1) is 17.0. The van der Waals surface area contributed by atoms with Crippen LogP contribution in [-0.2, 0) is 4.79 Å². The fourth-order valence-corrected chi connectivity index (χ4v) is 3.00. The molecule has 0 aromatic heterocycles. The standard InChI is InChI=1S/C18H23ClO3/c1-13(20)7-9-17(21)16-11-15(19)8-10-18(16)22-12-14-5-3-2-4-6-14/h8,10-11,14H,2-7,9,12H2,1H3. The van der Waals surface area contributed by atoms with Gasteiger partial charge < -0.3 is 9.53 Å². The molecule has 0 unspecified atom stereocenters. The molecule has 22 heavy (non-hydrogen) atoms. The SMILES string of the molecule is CC(=O)CCC(=O)c1cc(Cl)ccc1OCC1CCCCC1. The van der Waals surface area contributed by atoms with Crippen LogP contribution in [0.3, 0.4) is 0 Å². The maximum absolute atomic E-state index is 12.3. The highest BCUT2D eigenvalue weighted by molar-refractivity contribution is 6.31. The fourth-order valence-electron chi connectivity index (χ4n) is 2.83. The molecule has 0 saturated heterocycles. The van der Waals surface area contributed by atoms with E-state index in [1.165, 1.54) is 39.0 Å². The summed E-state index contributed by atoms with van der Waals surface area (Å²) in [5.74, 6) is 1.09. The van der Waals surface area contributed by atoms with Crippen LogP contribution >= 0.6 is 11.6 Å². The third-order valence-corrected chi connectivity index (χ3v) is 4.38. The van der Waals surface area contributed by atoms with Crippen LogP contribution in [0.5, 0.6) is 5.75 Å². The lowest BCUT2D eigenvalue weighted by atomic mass is 9.90. The Morgan fingerprint density at radius 3 is 2.59 bits per heavy atom. The second kappa shape index (κ2) is 8.33. The topological polar surface area (TPSA) is 43.4 Å². The van der Waals surface area contributed by atoms with Gasteiger partial charge in [0.25, 0.3) is 0 Å². The number of carbonyl (C=O) groups is 2. The summed E-state index contributed by atoms with van der Waals surface area (Å²) in [6.07, 6.45) is 6.69. The minimum absolute atomic E-state index is 0.0139. The lowest BCUT2D eigenvalue weighted by molar-refractivity contribution is -0.116. The summed E-state index contributed by atoms with van der Waals surface area (Å²) in [5.41, 5.74) is 0.490. The van der Waals surface area contributed by atoms with Crippen LogP contribution in [-0.4, -0.2) is 18.2 Å². The van der Waals surface area contributed by atoms with E-state index in [2.05, 4.69) is 0 Å². The molecule has 1 aromatic carbocycles. The number of ketones is 2. The molecule has 4 heteroatoms. The van der Waals surface area contributed by atoms with E-state index < -0.39 is 0 Å². The lowest BCUT2D eigenvalue weighted by Crippen LogP contribution is -2.16. The Kier molecular flexibility index (Phi) is 6.44. The van der Waals surface area contributed by atoms with Crippen LogP contribution in [0.2, 0.25) is 5.02 Å². The van der Waals surface area contributed by atoms with Crippen LogP contribution in [0.4, 0.5) is 0 Å². The Balaban J connectivity index is 2.02. The Morgan fingerprint density at radius 2 is 1.91 bits per heavy atom. The number of ether oxygens (including phenoxy) is 1. The number of benzene rings is 1. The van der Waals surface area contributed by atoms with Gasteiger partial charge in [0.05, 0.1) is 12.2 Å². The zero-order valence-corrected chi connectivity index (χ0v) is 13.8. The molecule has 1 aromatic rings. The Bertz CT molecular complexity index is 533. The lowest BCUT2D eigenvalue weighted by Gasteiger charge is -2.22. The number of carbonyl (C=O) groups excluding carboxylic acids is 2. The zero-order chi connectivity index (χ0) is 15.9. The number of halogens is 1. The van der Waals surface area contributed by atoms with Crippen molar-refractivity contribution in [3.63, 3.8) is 0 Å². The molecule has 0 aliphatic heterocycles. The van der Waals surface area contributed by atoms with Gasteiger partial charge in [0.1, 0.15) is 11.5 Å². The Morgan fingerprint density at radius 1 is 1.18 bits per heavy atom. The molecule has 0 atom stereocenters. The second-order valence-electron chi connectivity index (χ2n) is 6.08. The highest BCUT2D eigenvalue weighted by Crippen LogP contribution is 2.28. The van der Waals surface area contributed by atoms with Gasteiger partial charge in [-0.05, 0) is 43.9 Å². The van der Waals surface area contributed by atoms with Gasteiger partial charge in [0, 0.05) is 17.9 Å². The van der Waals surface area contributed by atoms with Gasteiger partial charge in [-0.25, -0.2) is 0 Å². The summed E-state index contributed by atoms with van der Waals surface area (Å²) < 4.78 is 5.90. The molecular formula is C18H23ClO3. The summed E-state index contributed by atoms with van der Waals surface area (Å²) in [5, 5.41) is 0.510. The van der Waals surface area contributed by atoms with Gasteiger partial charge in [0.15, 0.2) is 5.78 Å². The van der Waals surface area contributed by atoms with Gasteiger partial charge in [-0.1, -0.05) is 30.9 Å². The first-order valence-electron chi connectivity index (χ1n) is 8.01. The van der Waals surface area contributed by atoms with Crippen molar-refractivity contribution in [1.82, 2.24) is 0 Å². The third kappa shape index (κ3) is 5.13. The molecule has 0 radical (unpaired) electrons. The predicted molar refractivity (Wildman–Crippen MR) is 87.8 cm³/mol. The first-order valence-corrected chi connectivity index (χ1v) is 8.39. The van der Waals surface area contributed by atoms with E-state index in [1.54, 1.807) is 18.2 Å². The van der Waals surface area contributed by atoms with Gasteiger partial charge >= 0.3 is 0 Å². The first-order chi connectivity index (χ1) is 10.6. The monoisotopic (exact) mass is 322 g/mol. The summed E-state index contributed by atoms with van der Waals surface area (Å²) in [6.45, 7) is 2.14. The minimum Gasteiger partial charge on any atom is -0.493 e. The van der Waals surface area contributed by atoms with Crippen molar-refractivity contribution >= 4 is 23.2 Å². The third-order valence-electron chi connectivity index (χ3n) is 4.15. The largest absolute Gasteiger partial charge is 0.493 e. The highest BCUT2D eigenvalue weighted by atomic mass is 35.5. The van der Waals surface area contributed by atoms with Gasteiger partial charge in [-0.2, -0.15) is 0 Å². The van der Waals surface area contributed by atoms with Gasteiger partial charge in [-0.15, -0.1) is 0 Å². The molecule has 0 heterocycles. The van der Waals surface area contributed by atoms with Gasteiger partial charge in [-0.3, -0.25) is 4.79 Å². The number of hydrogen-bond donors (Lipinski definition) is 0. The van der Waals surface area contributed by atoms with Crippen LogP contribution in [0.25, 0.3) is 0 Å². The van der Waals surface area contributed by atoms with Crippen LogP contribution in [0.15, 0.2) is 18.2 Å². The van der Waals surface area contributed by atoms with Crippen molar-refractivity contribution in [1.29, 1.82) is 0 Å². The highest BCUT2D eigenvalue weighted by Gasteiger charge is 2.17. The van der Waals surface area contributed by atoms with Crippen molar-refractivity contribution in [3.8, 4) is 5.75 Å². The average Bonchev–Trinajstić information content (AvgIpc) is 2.52. The summed E-state index contributed by atoms with van der Waals surface area (Å²) >= 11 is 6.00. The fraction of sp³-hybridized carbons (Fsp3) is 0.556. The smallest absolute Gasteiger partial charge is 0.167 e. The summed E-state index contributed by atoms with van der Waals surface area (Å²) in [7, 11) is 0. The molecule has 1 fully saturated rings. The molecule has 1 saturated carbocycles. The maximum Gasteiger partial charge on any atom is 0.167 e. The minimum atomic E-state index is -0.0867. The summed E-state index contributed by atoms with van der Waals surface area (Å²) in [4.78, 5) is 23.3. The molecule has 2 rings (SSSR count). The number of Topliss-reactive ketones (excluding diaryl/α,β-unsaturated/α-hetero) is 2. The van der Waals surface area contributed by atoms with Crippen molar-refractivity contribution in [2.75, 3.05) is 6.61 Å². The Hall–Kier alpha value is -1.35. The van der Waals surface area contributed by atoms with Crippen molar-refractivity contribution in [3.05, 3.63) is 28.8 Å². The molecular weight excluding hydrogens is 300 g/mol. The van der Waals surface area contributed by atoms with Crippen LogP contribution in [0.1, 0.15) is 62.2 Å². The molecule has 1 aliphatic carbocycles. The van der Waals surface area contributed by atoms with Crippen molar-refractivity contribution in [2.45, 2.75) is 51.9 Å². The van der Waals surface area contributed by atoms with Crippen molar-refractivity contribution < 1.29 is 14.3 Å². The molecule has 1 aliphatic rings. The van der Waals surface area contributed by atoms with Crippen LogP contribution < -0.4 is 4.74 Å². The molecule has 3 nitrogen and oxygen atoms in total. The Labute approximate surface area is 137 Å². The molecule has 120 valence electrons. The van der Waals surface area contributed by atoms with Crippen molar-refractivity contribution in [2.24, 2.45) is 5.92 Å². The number of hydrogen-bond acceptors (Lipinski definition) is 3. The van der Waals surface area contributed by atoms with E-state index in [-0.39, 0.29) is 24.4 Å². The molecule has 0 bridgehead atoms. The van der Waals surface area contributed by atoms with E-state index in [0.717, 1.165) is 0 Å². The summed E-state index contributed by atoms with van der Waals surface area (Å²) in [6, 6.07) is 5.13.